The van der Waals surface area contributed by atoms with Gasteiger partial charge >= 0.3 is 12.2 Å². The molecule has 5 aliphatic rings. The molecule has 17 heteroatoms. The minimum absolute atomic E-state index is 0.0982. The molecule has 6 rings (SSSR count). The van der Waals surface area contributed by atoms with Gasteiger partial charge < -0.3 is 54.9 Å². The van der Waals surface area contributed by atoms with Gasteiger partial charge in [0.2, 0.25) is 5.91 Å². The third-order valence-corrected chi connectivity index (χ3v) is 14.7. The first-order valence-corrected chi connectivity index (χ1v) is 24.5. The third kappa shape index (κ3) is 14.6. The fourth-order valence-electron chi connectivity index (χ4n) is 10.6. The van der Waals surface area contributed by atoms with Crippen LogP contribution in [0.4, 0.5) is 9.59 Å². The molecule has 9 atom stereocenters. The summed E-state index contributed by atoms with van der Waals surface area (Å²) in [5, 5.41) is 62.3. The maximum atomic E-state index is 13.9. The van der Waals surface area contributed by atoms with Gasteiger partial charge in [-0.1, -0.05) is 38.3 Å². The third-order valence-electron chi connectivity index (χ3n) is 13.3. The van der Waals surface area contributed by atoms with Crippen LogP contribution < -0.4 is 10.1 Å². The summed E-state index contributed by atoms with van der Waals surface area (Å²) >= 11 is 1.81. The van der Waals surface area contributed by atoms with Crippen LogP contribution >= 0.6 is 11.8 Å². The summed E-state index contributed by atoms with van der Waals surface area (Å²) in [4.78, 5) is 45.7. The molecular weight excluding hydrogens is 843 g/mol. The first-order valence-electron chi connectivity index (χ1n) is 23.5. The Hall–Kier alpha value is -3.37. The van der Waals surface area contributed by atoms with Gasteiger partial charge in [-0.25, -0.2) is 9.59 Å². The van der Waals surface area contributed by atoms with E-state index in [2.05, 4.69) is 18.3 Å². The zero-order valence-electron chi connectivity index (χ0n) is 38.5. The number of nitrogens with zero attached hydrogens (tertiary/aromatic N) is 4. The average Bonchev–Trinajstić information content (AvgIpc) is 3.74. The first kappa shape index (κ1) is 51.6. The minimum Gasteiger partial charge on any atom is -0.492 e. The van der Waals surface area contributed by atoms with Crippen molar-refractivity contribution in [1.82, 2.24) is 20.0 Å². The van der Waals surface area contributed by atoms with Crippen molar-refractivity contribution >= 4 is 29.9 Å². The highest BCUT2D eigenvalue weighted by Gasteiger charge is 2.61. The maximum Gasteiger partial charge on any atom is 0.411 e. The second kappa shape index (κ2) is 23.9. The number of nitrogens with one attached hydrogen (secondary N) is 1. The molecule has 3 unspecified atom stereocenters. The predicted molar refractivity (Wildman–Crippen MR) is 243 cm³/mol. The number of thioether (sulfide) groups is 1. The van der Waals surface area contributed by atoms with Crippen molar-refractivity contribution in [2.45, 2.75) is 158 Å². The van der Waals surface area contributed by atoms with Crippen molar-refractivity contribution in [3.8, 4) is 11.8 Å². The van der Waals surface area contributed by atoms with E-state index in [1.807, 2.05) is 61.7 Å². The summed E-state index contributed by atoms with van der Waals surface area (Å²) in [6.07, 6.45) is 4.68. The average molecular weight is 918 g/mol. The number of benzene rings is 1. The largest absolute Gasteiger partial charge is 0.492 e. The fraction of sp³-hybridized carbons (Fsp3) is 0.787. The molecule has 4 saturated carbocycles. The highest BCUT2D eigenvalue weighted by molar-refractivity contribution is 8.00. The fourth-order valence-corrected chi connectivity index (χ4v) is 12.3. The molecule has 0 spiro atoms. The predicted octanol–water partition coefficient (Wildman–Crippen LogP) is 4.23. The van der Waals surface area contributed by atoms with Gasteiger partial charge in [0, 0.05) is 35.7 Å². The van der Waals surface area contributed by atoms with Crippen LogP contribution in [-0.2, 0) is 20.7 Å². The lowest BCUT2D eigenvalue weighted by Gasteiger charge is -2.64. The minimum atomic E-state index is -1.66. The molecule has 360 valence electrons. The number of ether oxygens (including phenoxy) is 3. The molecule has 0 aromatic heterocycles. The number of aliphatic hydroxyl groups is 5. The normalized spacial score (nSPS) is 25.6. The van der Waals surface area contributed by atoms with Crippen molar-refractivity contribution in [3.63, 3.8) is 0 Å². The molecule has 1 aromatic carbocycles. The van der Waals surface area contributed by atoms with E-state index in [1.54, 1.807) is 9.80 Å². The van der Waals surface area contributed by atoms with Gasteiger partial charge in [0.05, 0.1) is 25.3 Å². The van der Waals surface area contributed by atoms with E-state index in [0.717, 1.165) is 76.2 Å². The molecule has 1 aromatic rings. The number of amides is 3. The van der Waals surface area contributed by atoms with Gasteiger partial charge in [-0.05, 0) is 121 Å². The Morgan fingerprint density at radius 1 is 0.984 bits per heavy atom. The molecule has 5 fully saturated rings. The quantitative estimate of drug-likeness (QED) is 0.0756. The zero-order valence-corrected chi connectivity index (χ0v) is 39.3. The number of carbonyl (C=O) groups is 3. The van der Waals surface area contributed by atoms with E-state index in [4.69, 9.17) is 19.3 Å². The van der Waals surface area contributed by atoms with Crippen LogP contribution in [0.25, 0.3) is 0 Å². The highest BCUT2D eigenvalue weighted by atomic mass is 32.2. The van der Waals surface area contributed by atoms with Gasteiger partial charge in [0.15, 0.2) is 0 Å². The van der Waals surface area contributed by atoms with E-state index in [1.165, 1.54) is 0 Å². The number of hydrogen-bond donors (Lipinski definition) is 6. The Kier molecular flexibility index (Phi) is 19.3. The lowest BCUT2D eigenvalue weighted by atomic mass is 9.52. The molecule has 64 heavy (non-hydrogen) atoms. The van der Waals surface area contributed by atoms with E-state index in [-0.39, 0.29) is 43.5 Å². The van der Waals surface area contributed by atoms with Crippen molar-refractivity contribution in [3.05, 3.63) is 29.8 Å². The van der Waals surface area contributed by atoms with Crippen molar-refractivity contribution < 1.29 is 54.1 Å². The first-order chi connectivity index (χ1) is 30.5. The standard InChI is InChI=1S/C47H75N5O11S/c1-5-6-7-8-17-50(29-38(54)41(57)42(58)39(55)31-53)19-15-33-11-13-37(14-12-33)61-20-16-49-43(59)62-21-22-64-47-26-34-23-35(27-47)25-46(24-34,32-47)52(44(60)63-45(2,3)4)30-40(56)51-18-9-10-36(51)28-48/h11-14,34-36,38-39,41-42,53-55,57-58H,5-10,15-27,29-32H2,1-4H3,(H,49,59)/t34-,35?,36-,38-,39+,41+,42+,46?,47?/m0/s1. The van der Waals surface area contributed by atoms with Crippen LogP contribution in [0.2, 0.25) is 0 Å². The summed E-state index contributed by atoms with van der Waals surface area (Å²) in [5.74, 6) is 1.89. The van der Waals surface area contributed by atoms with Gasteiger partial charge in [-0.2, -0.15) is 17.0 Å². The molecule has 16 nitrogen and oxygen atoms in total. The number of alkyl carbamates (subject to hydrolysis) is 1. The van der Waals surface area contributed by atoms with Gasteiger partial charge in [-0.15, -0.1) is 0 Å². The smallest absolute Gasteiger partial charge is 0.411 e. The second-order valence-electron chi connectivity index (χ2n) is 19.6. The highest BCUT2D eigenvalue weighted by Crippen LogP contribution is 2.64. The summed E-state index contributed by atoms with van der Waals surface area (Å²) < 4.78 is 17.3. The zero-order chi connectivity index (χ0) is 46.5. The molecule has 1 saturated heterocycles. The molecule has 4 bridgehead atoms. The Balaban J connectivity index is 1.05. The summed E-state index contributed by atoms with van der Waals surface area (Å²) in [7, 11) is 0. The van der Waals surface area contributed by atoms with Crippen LogP contribution in [0.15, 0.2) is 24.3 Å². The van der Waals surface area contributed by atoms with Gasteiger partial charge in [0.1, 0.15) is 55.5 Å². The molecule has 3 amide bonds. The van der Waals surface area contributed by atoms with E-state index >= 15 is 0 Å². The molecule has 0 radical (unpaired) electrons. The SMILES string of the molecule is CCCCCCN(CCc1ccc(OCCNC(=O)OCCSC23CC4C[C@H](C2)CC(N(CC(=O)N2CCC[C@H]2C#N)C(=O)OC(C)(C)C)(C4)C3)cc1)C[C@H](O)[C@@H](O)[C@H](O)[C@H](O)CO. The van der Waals surface area contributed by atoms with Crippen LogP contribution in [0.5, 0.6) is 5.75 Å². The lowest BCUT2D eigenvalue weighted by molar-refractivity contribution is -0.138. The number of rotatable bonds is 25. The molecule has 6 N–H and O–H groups in total. The Labute approximate surface area is 384 Å². The summed E-state index contributed by atoms with van der Waals surface area (Å²) in [6, 6.07) is 9.42. The maximum absolute atomic E-state index is 13.9. The molecule has 4 aliphatic carbocycles. The number of hydrogen-bond acceptors (Lipinski definition) is 14. The Morgan fingerprint density at radius 3 is 2.34 bits per heavy atom. The monoisotopic (exact) mass is 918 g/mol. The second-order valence-corrected chi connectivity index (χ2v) is 21.2. The van der Waals surface area contributed by atoms with Crippen molar-refractivity contribution in [1.29, 1.82) is 5.26 Å². The lowest BCUT2D eigenvalue weighted by Crippen LogP contribution is -2.67. The Bertz CT molecular complexity index is 1680. The van der Waals surface area contributed by atoms with Crippen LogP contribution in [-0.4, -0.2) is 170 Å². The number of carbonyl (C=O) groups excluding carboxylic acids is 3. The van der Waals surface area contributed by atoms with Crippen molar-refractivity contribution in [2.75, 3.05) is 64.8 Å². The van der Waals surface area contributed by atoms with Crippen LogP contribution in [0.1, 0.15) is 110 Å². The number of aliphatic hydroxyl groups excluding tert-OH is 5. The molecular formula is C47H75N5O11S. The van der Waals surface area contributed by atoms with Gasteiger partial charge in [-0.3, -0.25) is 9.69 Å². The molecule has 1 heterocycles. The summed E-state index contributed by atoms with van der Waals surface area (Å²) in [5.41, 5.74) is -0.199. The van der Waals surface area contributed by atoms with Crippen LogP contribution in [0.3, 0.4) is 0 Å². The van der Waals surface area contributed by atoms with E-state index in [9.17, 15) is 40.1 Å². The van der Waals surface area contributed by atoms with Crippen molar-refractivity contribution in [2.24, 2.45) is 11.8 Å². The number of likely N-dealkylation sites (tertiary alicyclic amines) is 1. The topological polar surface area (TPSA) is 226 Å². The molecule has 1 aliphatic heterocycles. The Morgan fingerprint density at radius 2 is 1.69 bits per heavy atom. The van der Waals surface area contributed by atoms with Gasteiger partial charge in [0.25, 0.3) is 0 Å². The summed E-state index contributed by atoms with van der Waals surface area (Å²) in [6.45, 7) is 9.46. The van der Waals surface area contributed by atoms with Crippen LogP contribution in [0, 0.1) is 23.2 Å². The number of unbranched alkanes of at least 4 members (excludes halogenated alkanes) is 3. The van der Waals surface area contributed by atoms with E-state index < -0.39 is 60.4 Å². The van der Waals surface area contributed by atoms with E-state index in [0.29, 0.717) is 55.8 Å². The number of nitriles is 1.